The summed E-state index contributed by atoms with van der Waals surface area (Å²) in [7, 11) is 0. The Morgan fingerprint density at radius 1 is 1.67 bits per heavy atom. The second-order valence-corrected chi connectivity index (χ2v) is 5.29. The number of thiazole rings is 1. The third-order valence-electron chi connectivity index (χ3n) is 2.43. The van der Waals surface area contributed by atoms with Crippen LogP contribution in [0.4, 0.5) is 0 Å². The maximum Gasteiger partial charge on any atom is 0.0931 e. The first-order valence-electron chi connectivity index (χ1n) is 5.51. The van der Waals surface area contributed by atoms with Crippen LogP contribution in [0.2, 0.25) is 0 Å². The highest BCUT2D eigenvalue weighted by Gasteiger charge is 2.18. The summed E-state index contributed by atoms with van der Waals surface area (Å²) in [5.41, 5.74) is 1.15. The van der Waals surface area contributed by atoms with Crippen molar-refractivity contribution in [3.63, 3.8) is 0 Å². The highest BCUT2D eigenvalue weighted by molar-refractivity contribution is 7.09. The van der Waals surface area contributed by atoms with E-state index in [1.54, 1.807) is 11.3 Å². The number of nitrogens with zero attached hydrogens (tertiary/aromatic N) is 1. The lowest BCUT2D eigenvalue weighted by Crippen LogP contribution is -2.34. The maximum atomic E-state index is 5.43. The van der Waals surface area contributed by atoms with Crippen molar-refractivity contribution in [2.45, 2.75) is 26.3 Å². The maximum absolute atomic E-state index is 5.43. The van der Waals surface area contributed by atoms with E-state index in [2.05, 4.69) is 29.5 Å². The van der Waals surface area contributed by atoms with E-state index >= 15 is 0 Å². The number of morpholine rings is 1. The predicted octanol–water partition coefficient (Wildman–Crippen LogP) is 2.00. The number of hydrogen-bond donors (Lipinski definition) is 1. The van der Waals surface area contributed by atoms with Gasteiger partial charge >= 0.3 is 0 Å². The van der Waals surface area contributed by atoms with Crippen LogP contribution in [-0.2, 0) is 11.2 Å². The van der Waals surface area contributed by atoms with Gasteiger partial charge in [0, 0.05) is 18.3 Å². The highest BCUT2D eigenvalue weighted by atomic mass is 32.1. The molecule has 1 saturated heterocycles. The van der Waals surface area contributed by atoms with E-state index in [0.29, 0.717) is 12.0 Å². The van der Waals surface area contributed by atoms with Crippen LogP contribution in [0.15, 0.2) is 5.38 Å². The number of ether oxygens (including phenoxy) is 1. The van der Waals surface area contributed by atoms with Crippen molar-refractivity contribution in [1.29, 1.82) is 0 Å². The summed E-state index contributed by atoms with van der Waals surface area (Å²) in [5, 5.41) is 6.82. The zero-order valence-electron chi connectivity index (χ0n) is 9.32. The second-order valence-electron chi connectivity index (χ2n) is 4.35. The number of aromatic nitrogens is 1. The molecule has 0 aliphatic carbocycles. The molecule has 1 aliphatic heterocycles. The molecule has 0 radical (unpaired) electrons. The Bertz CT molecular complexity index is 305. The van der Waals surface area contributed by atoms with E-state index in [4.69, 9.17) is 4.74 Å². The Labute approximate surface area is 94.9 Å². The summed E-state index contributed by atoms with van der Waals surface area (Å²) in [4.78, 5) is 4.65. The van der Waals surface area contributed by atoms with Crippen LogP contribution in [0.1, 0.15) is 30.6 Å². The standard InChI is InChI=1S/C11H18N2OS/c1-8(2)5-11-13-10(7-15-11)9-6-14-4-3-12-9/h7-9,12H,3-6H2,1-2H3. The molecule has 15 heavy (non-hydrogen) atoms. The molecule has 0 bridgehead atoms. The van der Waals surface area contributed by atoms with Gasteiger partial charge in [-0.05, 0) is 5.92 Å². The van der Waals surface area contributed by atoms with Gasteiger partial charge in [-0.2, -0.15) is 0 Å². The molecular formula is C11H18N2OS. The molecule has 1 fully saturated rings. The summed E-state index contributed by atoms with van der Waals surface area (Å²) in [5.74, 6) is 0.680. The van der Waals surface area contributed by atoms with Crippen LogP contribution in [0, 0.1) is 5.92 Å². The zero-order valence-corrected chi connectivity index (χ0v) is 10.1. The van der Waals surface area contributed by atoms with Crippen molar-refractivity contribution < 1.29 is 4.74 Å². The first kappa shape index (κ1) is 11.0. The number of nitrogens with one attached hydrogen (secondary N) is 1. The van der Waals surface area contributed by atoms with E-state index < -0.39 is 0 Å². The van der Waals surface area contributed by atoms with Gasteiger partial charge in [-0.15, -0.1) is 11.3 Å². The van der Waals surface area contributed by atoms with Crippen LogP contribution >= 0.6 is 11.3 Å². The first-order chi connectivity index (χ1) is 7.25. The smallest absolute Gasteiger partial charge is 0.0931 e. The normalized spacial score (nSPS) is 22.2. The van der Waals surface area contributed by atoms with Crippen LogP contribution in [0.5, 0.6) is 0 Å². The van der Waals surface area contributed by atoms with E-state index in [-0.39, 0.29) is 0 Å². The molecule has 4 heteroatoms. The van der Waals surface area contributed by atoms with E-state index in [1.807, 2.05) is 0 Å². The van der Waals surface area contributed by atoms with Crippen LogP contribution < -0.4 is 5.32 Å². The van der Waals surface area contributed by atoms with Crippen molar-refractivity contribution in [3.8, 4) is 0 Å². The molecule has 1 unspecified atom stereocenters. The first-order valence-corrected chi connectivity index (χ1v) is 6.39. The lowest BCUT2D eigenvalue weighted by molar-refractivity contribution is 0.0757. The van der Waals surface area contributed by atoms with Crippen molar-refractivity contribution in [1.82, 2.24) is 10.3 Å². The molecule has 2 rings (SSSR count). The Morgan fingerprint density at radius 3 is 3.20 bits per heavy atom. The Kier molecular flexibility index (Phi) is 3.72. The molecular weight excluding hydrogens is 208 g/mol. The Hall–Kier alpha value is -0.450. The molecule has 1 aliphatic rings. The zero-order chi connectivity index (χ0) is 10.7. The minimum Gasteiger partial charge on any atom is -0.378 e. The fraction of sp³-hybridized carbons (Fsp3) is 0.727. The van der Waals surface area contributed by atoms with Crippen molar-refractivity contribution in [2.24, 2.45) is 5.92 Å². The van der Waals surface area contributed by atoms with Gasteiger partial charge in [-0.25, -0.2) is 4.98 Å². The SMILES string of the molecule is CC(C)Cc1nc(C2COCCN2)cs1. The van der Waals surface area contributed by atoms with Gasteiger partial charge in [0.2, 0.25) is 0 Å². The molecule has 0 amide bonds. The van der Waals surface area contributed by atoms with Crippen molar-refractivity contribution in [2.75, 3.05) is 19.8 Å². The van der Waals surface area contributed by atoms with Crippen LogP contribution in [0.3, 0.4) is 0 Å². The van der Waals surface area contributed by atoms with Gasteiger partial charge < -0.3 is 10.1 Å². The van der Waals surface area contributed by atoms with E-state index in [1.165, 1.54) is 5.01 Å². The number of hydrogen-bond acceptors (Lipinski definition) is 4. The van der Waals surface area contributed by atoms with Gasteiger partial charge in [0.15, 0.2) is 0 Å². The molecule has 0 aromatic carbocycles. The van der Waals surface area contributed by atoms with Gasteiger partial charge in [-0.3, -0.25) is 0 Å². The Morgan fingerprint density at radius 2 is 2.53 bits per heavy atom. The summed E-state index contributed by atoms with van der Waals surface area (Å²) < 4.78 is 5.43. The predicted molar refractivity (Wildman–Crippen MR) is 62.2 cm³/mol. The fourth-order valence-electron chi connectivity index (χ4n) is 1.68. The summed E-state index contributed by atoms with van der Waals surface area (Å²) in [6, 6.07) is 0.302. The lowest BCUT2D eigenvalue weighted by Gasteiger charge is -2.22. The molecule has 1 atom stereocenters. The quantitative estimate of drug-likeness (QED) is 0.856. The number of rotatable bonds is 3. The third-order valence-corrected chi connectivity index (χ3v) is 3.32. The fourth-order valence-corrected chi connectivity index (χ4v) is 2.74. The molecule has 84 valence electrons. The van der Waals surface area contributed by atoms with E-state index in [9.17, 15) is 0 Å². The van der Waals surface area contributed by atoms with Crippen molar-refractivity contribution >= 4 is 11.3 Å². The van der Waals surface area contributed by atoms with Gasteiger partial charge in [0.05, 0.1) is 30.0 Å². The summed E-state index contributed by atoms with van der Waals surface area (Å²) in [6.45, 7) is 6.96. The molecule has 0 saturated carbocycles. The third kappa shape index (κ3) is 3.00. The molecule has 3 nitrogen and oxygen atoms in total. The largest absolute Gasteiger partial charge is 0.378 e. The highest BCUT2D eigenvalue weighted by Crippen LogP contribution is 2.20. The van der Waals surface area contributed by atoms with Gasteiger partial charge in [-0.1, -0.05) is 13.8 Å². The molecule has 0 spiro atoms. The molecule has 1 N–H and O–H groups in total. The van der Waals surface area contributed by atoms with Gasteiger partial charge in [0.1, 0.15) is 0 Å². The average molecular weight is 226 g/mol. The minimum absolute atomic E-state index is 0.302. The van der Waals surface area contributed by atoms with E-state index in [0.717, 1.165) is 31.9 Å². The summed E-state index contributed by atoms with van der Waals surface area (Å²) in [6.07, 6.45) is 1.08. The molecule has 1 aromatic rings. The lowest BCUT2D eigenvalue weighted by atomic mass is 10.1. The molecule has 2 heterocycles. The minimum atomic E-state index is 0.302. The average Bonchev–Trinajstić information content (AvgIpc) is 2.67. The topological polar surface area (TPSA) is 34.1 Å². The van der Waals surface area contributed by atoms with Gasteiger partial charge in [0.25, 0.3) is 0 Å². The monoisotopic (exact) mass is 226 g/mol. The van der Waals surface area contributed by atoms with Crippen LogP contribution in [-0.4, -0.2) is 24.7 Å². The second kappa shape index (κ2) is 5.05. The summed E-state index contributed by atoms with van der Waals surface area (Å²) >= 11 is 1.76. The Balaban J connectivity index is 1.99. The van der Waals surface area contributed by atoms with Crippen molar-refractivity contribution in [3.05, 3.63) is 16.1 Å². The molecule has 1 aromatic heterocycles. The van der Waals surface area contributed by atoms with Crippen LogP contribution in [0.25, 0.3) is 0 Å².